The first kappa shape index (κ1) is 13.1. The summed E-state index contributed by atoms with van der Waals surface area (Å²) < 4.78 is 0. The standard InChI is InChI=1S/C17H17NO/c1-2-14-8-6-7-9-15(14)12-13-17(19)18-16-10-4-3-5-11-16/h3-13H,2H2,1H3,(H,18,19)/b13-12+. The van der Waals surface area contributed by atoms with Crippen LogP contribution in [0.1, 0.15) is 18.1 Å². The first-order chi connectivity index (χ1) is 9.29. The number of para-hydroxylation sites is 1. The van der Waals surface area contributed by atoms with Gasteiger partial charge in [0.05, 0.1) is 0 Å². The molecule has 0 aliphatic rings. The van der Waals surface area contributed by atoms with Crippen LogP contribution in [0.5, 0.6) is 0 Å². The van der Waals surface area contributed by atoms with Gasteiger partial charge in [0.15, 0.2) is 0 Å². The summed E-state index contributed by atoms with van der Waals surface area (Å²) in [5.74, 6) is -0.114. The fourth-order valence-corrected chi connectivity index (χ4v) is 1.89. The summed E-state index contributed by atoms with van der Waals surface area (Å²) in [4.78, 5) is 11.8. The minimum atomic E-state index is -0.114. The second kappa shape index (κ2) is 6.55. The Morgan fingerprint density at radius 3 is 2.47 bits per heavy atom. The van der Waals surface area contributed by atoms with Crippen molar-refractivity contribution in [2.75, 3.05) is 5.32 Å². The van der Waals surface area contributed by atoms with Crippen LogP contribution in [0.4, 0.5) is 5.69 Å². The number of amides is 1. The molecular formula is C17H17NO. The van der Waals surface area contributed by atoms with Crippen LogP contribution in [-0.2, 0) is 11.2 Å². The van der Waals surface area contributed by atoms with Crippen molar-refractivity contribution < 1.29 is 4.79 Å². The molecule has 0 unspecified atom stereocenters. The van der Waals surface area contributed by atoms with Crippen molar-refractivity contribution in [3.05, 3.63) is 71.8 Å². The van der Waals surface area contributed by atoms with Gasteiger partial charge in [-0.1, -0.05) is 49.4 Å². The van der Waals surface area contributed by atoms with Gasteiger partial charge in [-0.05, 0) is 35.8 Å². The van der Waals surface area contributed by atoms with E-state index in [9.17, 15) is 4.79 Å². The van der Waals surface area contributed by atoms with Crippen molar-refractivity contribution in [2.45, 2.75) is 13.3 Å². The lowest BCUT2D eigenvalue weighted by atomic mass is 10.1. The molecule has 0 radical (unpaired) electrons. The van der Waals surface area contributed by atoms with E-state index in [1.807, 2.05) is 54.6 Å². The van der Waals surface area contributed by atoms with Crippen molar-refractivity contribution in [3.8, 4) is 0 Å². The SMILES string of the molecule is CCc1ccccc1/C=C/C(=O)Nc1ccccc1. The number of carbonyl (C=O) groups excluding carboxylic acids is 1. The quantitative estimate of drug-likeness (QED) is 0.820. The van der Waals surface area contributed by atoms with Crippen LogP contribution in [0.3, 0.4) is 0 Å². The maximum absolute atomic E-state index is 11.8. The lowest BCUT2D eigenvalue weighted by Gasteiger charge is -2.03. The zero-order chi connectivity index (χ0) is 13.5. The predicted octanol–water partition coefficient (Wildman–Crippen LogP) is 3.90. The van der Waals surface area contributed by atoms with Gasteiger partial charge < -0.3 is 5.32 Å². The average Bonchev–Trinajstić information content (AvgIpc) is 2.46. The van der Waals surface area contributed by atoms with Crippen LogP contribution in [0.25, 0.3) is 6.08 Å². The van der Waals surface area contributed by atoms with E-state index in [-0.39, 0.29) is 5.91 Å². The van der Waals surface area contributed by atoms with Gasteiger partial charge in [0.1, 0.15) is 0 Å². The summed E-state index contributed by atoms with van der Waals surface area (Å²) in [7, 11) is 0. The fraction of sp³-hybridized carbons (Fsp3) is 0.118. The Hall–Kier alpha value is -2.35. The van der Waals surface area contributed by atoms with Gasteiger partial charge in [0.25, 0.3) is 0 Å². The lowest BCUT2D eigenvalue weighted by molar-refractivity contribution is -0.111. The Morgan fingerprint density at radius 2 is 1.74 bits per heavy atom. The monoisotopic (exact) mass is 251 g/mol. The number of hydrogen-bond donors (Lipinski definition) is 1. The molecule has 2 aromatic rings. The van der Waals surface area contributed by atoms with E-state index in [1.54, 1.807) is 6.08 Å². The molecule has 2 nitrogen and oxygen atoms in total. The summed E-state index contributed by atoms with van der Waals surface area (Å²) in [6.45, 7) is 2.11. The first-order valence-corrected chi connectivity index (χ1v) is 6.41. The van der Waals surface area contributed by atoms with E-state index in [0.29, 0.717) is 0 Å². The smallest absolute Gasteiger partial charge is 0.248 e. The van der Waals surface area contributed by atoms with Crippen LogP contribution in [0, 0.1) is 0 Å². The zero-order valence-corrected chi connectivity index (χ0v) is 11.0. The number of hydrogen-bond acceptors (Lipinski definition) is 1. The molecule has 0 atom stereocenters. The highest BCUT2D eigenvalue weighted by atomic mass is 16.1. The van der Waals surface area contributed by atoms with E-state index in [4.69, 9.17) is 0 Å². The van der Waals surface area contributed by atoms with Crippen molar-refractivity contribution in [1.29, 1.82) is 0 Å². The van der Waals surface area contributed by atoms with E-state index >= 15 is 0 Å². The molecule has 19 heavy (non-hydrogen) atoms. The Morgan fingerprint density at radius 1 is 1.05 bits per heavy atom. The Bertz CT molecular complexity index is 573. The average molecular weight is 251 g/mol. The first-order valence-electron chi connectivity index (χ1n) is 6.41. The number of benzene rings is 2. The third-order valence-corrected chi connectivity index (χ3v) is 2.89. The maximum Gasteiger partial charge on any atom is 0.248 e. The number of carbonyl (C=O) groups is 1. The van der Waals surface area contributed by atoms with Crippen molar-refractivity contribution >= 4 is 17.7 Å². The molecule has 2 aromatic carbocycles. The third-order valence-electron chi connectivity index (χ3n) is 2.89. The molecule has 2 rings (SSSR count). The summed E-state index contributed by atoms with van der Waals surface area (Å²) in [6, 6.07) is 17.5. The molecule has 0 aliphatic carbocycles. The van der Waals surface area contributed by atoms with Gasteiger partial charge in [0, 0.05) is 11.8 Å². The van der Waals surface area contributed by atoms with E-state index in [2.05, 4.69) is 18.3 Å². The second-order valence-corrected chi connectivity index (χ2v) is 4.24. The summed E-state index contributed by atoms with van der Waals surface area (Å²) in [6.07, 6.45) is 4.39. The zero-order valence-electron chi connectivity index (χ0n) is 11.0. The highest BCUT2D eigenvalue weighted by Crippen LogP contribution is 2.11. The minimum Gasteiger partial charge on any atom is -0.323 e. The predicted molar refractivity (Wildman–Crippen MR) is 79.9 cm³/mol. The number of aryl methyl sites for hydroxylation is 1. The molecule has 1 amide bonds. The van der Waals surface area contributed by atoms with E-state index in [1.165, 1.54) is 5.56 Å². The van der Waals surface area contributed by atoms with E-state index < -0.39 is 0 Å². The Balaban J connectivity index is 2.04. The molecular weight excluding hydrogens is 234 g/mol. The van der Waals surface area contributed by atoms with Gasteiger partial charge in [-0.15, -0.1) is 0 Å². The molecule has 0 heterocycles. The van der Waals surface area contributed by atoms with Gasteiger partial charge in [-0.25, -0.2) is 0 Å². The minimum absolute atomic E-state index is 0.114. The van der Waals surface area contributed by atoms with Crippen LogP contribution < -0.4 is 5.32 Å². The molecule has 96 valence electrons. The molecule has 0 aromatic heterocycles. The topological polar surface area (TPSA) is 29.1 Å². The molecule has 0 aliphatic heterocycles. The molecule has 0 bridgehead atoms. The summed E-state index contributed by atoms with van der Waals surface area (Å²) in [5.41, 5.74) is 3.14. The van der Waals surface area contributed by atoms with Crippen LogP contribution in [0.2, 0.25) is 0 Å². The molecule has 2 heteroatoms. The van der Waals surface area contributed by atoms with Crippen molar-refractivity contribution in [1.82, 2.24) is 0 Å². The highest BCUT2D eigenvalue weighted by Gasteiger charge is 1.98. The van der Waals surface area contributed by atoms with Crippen molar-refractivity contribution in [2.24, 2.45) is 0 Å². The lowest BCUT2D eigenvalue weighted by Crippen LogP contribution is -2.07. The molecule has 0 saturated heterocycles. The van der Waals surface area contributed by atoms with Gasteiger partial charge in [-0.2, -0.15) is 0 Å². The van der Waals surface area contributed by atoms with Crippen LogP contribution in [-0.4, -0.2) is 5.91 Å². The third kappa shape index (κ3) is 3.81. The van der Waals surface area contributed by atoms with Gasteiger partial charge in [-0.3, -0.25) is 4.79 Å². The normalized spacial score (nSPS) is 10.6. The second-order valence-electron chi connectivity index (χ2n) is 4.24. The van der Waals surface area contributed by atoms with Crippen molar-refractivity contribution in [3.63, 3.8) is 0 Å². The number of anilines is 1. The molecule has 1 N–H and O–H groups in total. The Labute approximate surface area is 113 Å². The molecule has 0 saturated carbocycles. The van der Waals surface area contributed by atoms with Gasteiger partial charge in [0.2, 0.25) is 5.91 Å². The van der Waals surface area contributed by atoms with E-state index in [0.717, 1.165) is 17.7 Å². The summed E-state index contributed by atoms with van der Waals surface area (Å²) >= 11 is 0. The fourth-order valence-electron chi connectivity index (χ4n) is 1.89. The van der Waals surface area contributed by atoms with Crippen LogP contribution in [0.15, 0.2) is 60.7 Å². The summed E-state index contributed by atoms with van der Waals surface area (Å²) in [5, 5.41) is 2.82. The highest BCUT2D eigenvalue weighted by molar-refractivity contribution is 6.01. The maximum atomic E-state index is 11.8. The van der Waals surface area contributed by atoms with Gasteiger partial charge >= 0.3 is 0 Å². The van der Waals surface area contributed by atoms with Crippen LogP contribution >= 0.6 is 0 Å². The Kier molecular flexibility index (Phi) is 4.51. The number of rotatable bonds is 4. The molecule has 0 fully saturated rings. The number of nitrogens with one attached hydrogen (secondary N) is 1. The molecule has 0 spiro atoms. The largest absolute Gasteiger partial charge is 0.323 e.